The first-order chi connectivity index (χ1) is 8.13. The number of nitrogens with zero attached hydrogens (tertiary/aromatic N) is 2. The van der Waals surface area contributed by atoms with E-state index in [0.717, 1.165) is 26.1 Å². The number of rotatable bonds is 6. The summed E-state index contributed by atoms with van der Waals surface area (Å²) in [5.74, 6) is 0.292. The molecule has 0 bridgehead atoms. The number of ether oxygens (including phenoxy) is 1. The molecular formula is C12H25N3O2. The molecule has 1 heterocycles. The van der Waals surface area contributed by atoms with Gasteiger partial charge in [0, 0.05) is 32.2 Å². The number of oxime groups is 1. The molecule has 1 atom stereocenters. The minimum absolute atomic E-state index is 0.292. The highest BCUT2D eigenvalue weighted by molar-refractivity contribution is 5.79. The molecule has 1 aliphatic rings. The second kappa shape index (κ2) is 7.50. The Labute approximate surface area is 104 Å². The lowest BCUT2D eigenvalue weighted by Gasteiger charge is -2.32. The fraction of sp³-hybridized carbons (Fsp3) is 0.917. The Kier molecular flexibility index (Phi) is 6.29. The van der Waals surface area contributed by atoms with Crippen molar-refractivity contribution in [2.45, 2.75) is 51.7 Å². The van der Waals surface area contributed by atoms with Crippen molar-refractivity contribution in [3.05, 3.63) is 0 Å². The van der Waals surface area contributed by atoms with Crippen LogP contribution in [0.2, 0.25) is 0 Å². The topological polar surface area (TPSA) is 71.1 Å². The summed E-state index contributed by atoms with van der Waals surface area (Å²) in [5, 5.41) is 11.5. The van der Waals surface area contributed by atoms with Gasteiger partial charge in [-0.2, -0.15) is 0 Å². The third-order valence-electron chi connectivity index (χ3n) is 3.23. The molecule has 5 nitrogen and oxygen atoms in total. The van der Waals surface area contributed by atoms with Gasteiger partial charge in [0.15, 0.2) is 0 Å². The van der Waals surface area contributed by atoms with Gasteiger partial charge in [-0.25, -0.2) is 0 Å². The van der Waals surface area contributed by atoms with Crippen LogP contribution in [0, 0.1) is 0 Å². The minimum atomic E-state index is 0.292. The van der Waals surface area contributed by atoms with Crippen molar-refractivity contribution in [2.75, 3.05) is 19.7 Å². The molecule has 0 aromatic heterocycles. The second-order valence-corrected chi connectivity index (χ2v) is 4.92. The Balaban J connectivity index is 2.36. The van der Waals surface area contributed by atoms with Crippen LogP contribution in [0.3, 0.4) is 0 Å². The van der Waals surface area contributed by atoms with Crippen molar-refractivity contribution in [1.29, 1.82) is 0 Å². The van der Waals surface area contributed by atoms with Crippen LogP contribution in [-0.4, -0.2) is 47.8 Å². The van der Waals surface area contributed by atoms with Gasteiger partial charge in [-0.15, -0.1) is 0 Å². The highest BCUT2D eigenvalue weighted by Gasteiger charge is 2.19. The largest absolute Gasteiger partial charge is 0.409 e. The lowest BCUT2D eigenvalue weighted by Crippen LogP contribution is -2.41. The van der Waals surface area contributed by atoms with E-state index in [4.69, 9.17) is 15.7 Å². The first-order valence-electron chi connectivity index (χ1n) is 6.45. The maximum atomic E-state index is 8.53. The van der Waals surface area contributed by atoms with Gasteiger partial charge in [0.25, 0.3) is 0 Å². The van der Waals surface area contributed by atoms with E-state index in [2.05, 4.69) is 23.9 Å². The van der Waals surface area contributed by atoms with E-state index >= 15 is 0 Å². The van der Waals surface area contributed by atoms with E-state index in [1.807, 2.05) is 0 Å². The predicted octanol–water partition coefficient (Wildman–Crippen LogP) is 1.40. The van der Waals surface area contributed by atoms with Crippen LogP contribution in [0.15, 0.2) is 5.16 Å². The second-order valence-electron chi connectivity index (χ2n) is 4.92. The molecule has 1 fully saturated rings. The Morgan fingerprint density at radius 3 is 2.82 bits per heavy atom. The minimum Gasteiger partial charge on any atom is -0.409 e. The van der Waals surface area contributed by atoms with Gasteiger partial charge in [0.2, 0.25) is 0 Å². The van der Waals surface area contributed by atoms with Crippen LogP contribution in [0.1, 0.15) is 39.5 Å². The van der Waals surface area contributed by atoms with Crippen LogP contribution >= 0.6 is 0 Å². The lowest BCUT2D eigenvalue weighted by atomic mass is 10.1. The SMILES string of the molecule is CC(C)N(CCC(N)=NO)CC1CCCCO1. The van der Waals surface area contributed by atoms with Crippen molar-refractivity contribution in [3.8, 4) is 0 Å². The first-order valence-corrected chi connectivity index (χ1v) is 6.45. The van der Waals surface area contributed by atoms with E-state index in [9.17, 15) is 0 Å². The molecule has 1 aliphatic heterocycles. The monoisotopic (exact) mass is 243 g/mol. The quantitative estimate of drug-likeness (QED) is 0.320. The fourth-order valence-corrected chi connectivity index (χ4v) is 2.08. The first kappa shape index (κ1) is 14.3. The van der Waals surface area contributed by atoms with E-state index in [1.54, 1.807) is 0 Å². The van der Waals surface area contributed by atoms with Crippen LogP contribution in [-0.2, 0) is 4.74 Å². The molecule has 100 valence electrons. The molecule has 17 heavy (non-hydrogen) atoms. The zero-order chi connectivity index (χ0) is 12.7. The third-order valence-corrected chi connectivity index (χ3v) is 3.23. The summed E-state index contributed by atoms with van der Waals surface area (Å²) in [6.45, 7) is 6.96. The summed E-state index contributed by atoms with van der Waals surface area (Å²) in [5.41, 5.74) is 5.50. The number of hydrogen-bond donors (Lipinski definition) is 2. The number of nitrogens with two attached hydrogens (primary N) is 1. The molecular weight excluding hydrogens is 218 g/mol. The van der Waals surface area contributed by atoms with Gasteiger partial charge in [-0.3, -0.25) is 4.90 Å². The highest BCUT2D eigenvalue weighted by Crippen LogP contribution is 2.15. The zero-order valence-electron chi connectivity index (χ0n) is 10.9. The van der Waals surface area contributed by atoms with Crippen molar-refractivity contribution in [2.24, 2.45) is 10.9 Å². The summed E-state index contributed by atoms with van der Waals surface area (Å²) in [6, 6.07) is 0.451. The van der Waals surface area contributed by atoms with Crippen molar-refractivity contribution in [1.82, 2.24) is 4.90 Å². The Bertz CT molecular complexity index is 238. The van der Waals surface area contributed by atoms with E-state index < -0.39 is 0 Å². The maximum Gasteiger partial charge on any atom is 0.140 e. The molecule has 0 radical (unpaired) electrons. The smallest absolute Gasteiger partial charge is 0.140 e. The molecule has 0 amide bonds. The summed E-state index contributed by atoms with van der Waals surface area (Å²) in [7, 11) is 0. The third kappa shape index (κ3) is 5.37. The van der Waals surface area contributed by atoms with Crippen LogP contribution in [0.4, 0.5) is 0 Å². The molecule has 0 aliphatic carbocycles. The van der Waals surface area contributed by atoms with Gasteiger partial charge < -0.3 is 15.7 Å². The van der Waals surface area contributed by atoms with Gasteiger partial charge in [-0.05, 0) is 33.1 Å². The summed E-state index contributed by atoms with van der Waals surface area (Å²) in [6.07, 6.45) is 4.53. The Morgan fingerprint density at radius 1 is 1.53 bits per heavy atom. The molecule has 0 spiro atoms. The van der Waals surface area contributed by atoms with Gasteiger partial charge in [0.05, 0.1) is 6.10 Å². The molecule has 3 N–H and O–H groups in total. The summed E-state index contributed by atoms with van der Waals surface area (Å²) >= 11 is 0. The fourth-order valence-electron chi connectivity index (χ4n) is 2.08. The maximum absolute atomic E-state index is 8.53. The van der Waals surface area contributed by atoms with Crippen molar-refractivity contribution in [3.63, 3.8) is 0 Å². The van der Waals surface area contributed by atoms with Gasteiger partial charge in [-0.1, -0.05) is 5.16 Å². The van der Waals surface area contributed by atoms with Crippen LogP contribution in [0.5, 0.6) is 0 Å². The molecule has 1 unspecified atom stereocenters. The molecule has 0 aromatic rings. The molecule has 1 rings (SSSR count). The van der Waals surface area contributed by atoms with Crippen LogP contribution < -0.4 is 5.73 Å². The van der Waals surface area contributed by atoms with E-state index in [1.165, 1.54) is 12.8 Å². The standard InChI is InChI=1S/C12H25N3O2/c1-10(2)15(7-6-12(13)14-16)9-11-5-3-4-8-17-11/h10-11,16H,3-9H2,1-2H3,(H2,13,14). The molecule has 1 saturated heterocycles. The lowest BCUT2D eigenvalue weighted by molar-refractivity contribution is -0.0106. The zero-order valence-corrected chi connectivity index (χ0v) is 10.9. The average molecular weight is 243 g/mol. The normalized spacial score (nSPS) is 22.4. The van der Waals surface area contributed by atoms with E-state index in [0.29, 0.717) is 24.4 Å². The molecule has 5 heteroatoms. The number of hydrogen-bond acceptors (Lipinski definition) is 4. The predicted molar refractivity (Wildman–Crippen MR) is 68.3 cm³/mol. The van der Waals surface area contributed by atoms with Gasteiger partial charge in [0.1, 0.15) is 5.84 Å². The summed E-state index contributed by atoms with van der Waals surface area (Å²) in [4.78, 5) is 2.33. The van der Waals surface area contributed by atoms with Crippen LogP contribution in [0.25, 0.3) is 0 Å². The number of amidine groups is 1. The Hall–Kier alpha value is -0.810. The summed E-state index contributed by atoms with van der Waals surface area (Å²) < 4.78 is 5.74. The Morgan fingerprint density at radius 2 is 2.29 bits per heavy atom. The molecule has 0 aromatic carbocycles. The average Bonchev–Trinajstić information content (AvgIpc) is 2.34. The van der Waals surface area contributed by atoms with Crippen molar-refractivity contribution < 1.29 is 9.94 Å². The van der Waals surface area contributed by atoms with Crippen molar-refractivity contribution >= 4 is 5.84 Å². The van der Waals surface area contributed by atoms with E-state index in [-0.39, 0.29) is 0 Å². The highest BCUT2D eigenvalue weighted by atomic mass is 16.5. The molecule has 0 saturated carbocycles. The van der Waals surface area contributed by atoms with Gasteiger partial charge >= 0.3 is 0 Å².